The molecule has 0 saturated heterocycles. The van der Waals surface area contributed by atoms with E-state index in [9.17, 15) is 0 Å². The van der Waals surface area contributed by atoms with Crippen LogP contribution in [0.2, 0.25) is 0 Å². The Kier molecular flexibility index (Phi) is 5.68. The van der Waals surface area contributed by atoms with E-state index < -0.39 is 0 Å². The first-order chi connectivity index (χ1) is 21.8. The zero-order valence-corrected chi connectivity index (χ0v) is 24.5. The van der Waals surface area contributed by atoms with Gasteiger partial charge in [0.2, 0.25) is 5.95 Å². The first kappa shape index (κ1) is 25.0. The highest BCUT2D eigenvalue weighted by molar-refractivity contribution is 7.26. The Bertz CT molecular complexity index is 2430. The summed E-state index contributed by atoms with van der Waals surface area (Å²) in [5.74, 6) is 0.667. The number of rotatable bonds is 4. The van der Waals surface area contributed by atoms with Crippen molar-refractivity contribution in [3.8, 4) is 39.6 Å². The maximum absolute atomic E-state index is 5.32. The monoisotopic (exact) mass is 579 g/mol. The third-order valence-electron chi connectivity index (χ3n) is 8.46. The van der Waals surface area contributed by atoms with E-state index in [0.29, 0.717) is 5.95 Å². The van der Waals surface area contributed by atoms with Gasteiger partial charge in [-0.15, -0.1) is 11.3 Å². The highest BCUT2D eigenvalue weighted by Crippen LogP contribution is 2.40. The second-order valence-electron chi connectivity index (χ2n) is 11.0. The third-order valence-corrected chi connectivity index (χ3v) is 9.68. The summed E-state index contributed by atoms with van der Waals surface area (Å²) in [7, 11) is 0. The van der Waals surface area contributed by atoms with E-state index in [2.05, 4.69) is 150 Å². The summed E-state index contributed by atoms with van der Waals surface area (Å²) in [4.78, 5) is 10.6. The molecule has 3 nitrogen and oxygen atoms in total. The van der Waals surface area contributed by atoms with Crippen LogP contribution in [0.4, 0.5) is 0 Å². The fraction of sp³-hybridized carbons (Fsp3) is 0. The van der Waals surface area contributed by atoms with Crippen LogP contribution in [0.5, 0.6) is 0 Å². The number of aromatic nitrogens is 3. The van der Waals surface area contributed by atoms with Gasteiger partial charge in [-0.25, -0.2) is 9.97 Å². The molecular formula is C40H25N3S. The molecule has 3 aromatic heterocycles. The SMILES string of the molecule is c1ccc(-c2ccc(-c3cc(-c4cccc5c4sc4ccccc45)nc(-n4c5ccccc5c5ccccc54)n3)cc2)cc1. The van der Waals surface area contributed by atoms with Crippen molar-refractivity contribution in [1.82, 2.24) is 14.5 Å². The second-order valence-corrected chi connectivity index (χ2v) is 12.1. The number of fused-ring (bicyclic) bond motifs is 6. The van der Waals surface area contributed by atoms with Crippen molar-refractivity contribution in [1.29, 1.82) is 0 Å². The summed E-state index contributed by atoms with van der Waals surface area (Å²) >= 11 is 1.83. The molecular weight excluding hydrogens is 555 g/mol. The van der Waals surface area contributed by atoms with Crippen LogP contribution in [0, 0.1) is 0 Å². The number of benzene rings is 6. The summed E-state index contributed by atoms with van der Waals surface area (Å²) in [5.41, 5.74) is 8.55. The predicted molar refractivity (Wildman–Crippen MR) is 186 cm³/mol. The van der Waals surface area contributed by atoms with E-state index in [1.807, 2.05) is 17.4 Å². The van der Waals surface area contributed by atoms with Crippen LogP contribution in [-0.2, 0) is 0 Å². The van der Waals surface area contributed by atoms with Crippen LogP contribution in [0.1, 0.15) is 0 Å². The Hall–Kier alpha value is -5.58. The molecule has 0 aliphatic carbocycles. The average molecular weight is 580 g/mol. The fourth-order valence-corrected chi connectivity index (χ4v) is 7.60. The van der Waals surface area contributed by atoms with Crippen molar-refractivity contribution in [2.24, 2.45) is 0 Å². The number of para-hydroxylation sites is 2. The normalized spacial score (nSPS) is 11.6. The molecule has 0 N–H and O–H groups in total. The minimum Gasteiger partial charge on any atom is -0.278 e. The molecule has 9 rings (SSSR count). The number of hydrogen-bond acceptors (Lipinski definition) is 3. The molecule has 0 spiro atoms. The van der Waals surface area contributed by atoms with Gasteiger partial charge < -0.3 is 0 Å². The zero-order valence-electron chi connectivity index (χ0n) is 23.7. The number of thiophene rings is 1. The molecule has 0 fully saturated rings. The molecule has 0 atom stereocenters. The lowest BCUT2D eigenvalue weighted by atomic mass is 10.0. The van der Waals surface area contributed by atoms with Crippen molar-refractivity contribution in [2.45, 2.75) is 0 Å². The molecule has 44 heavy (non-hydrogen) atoms. The molecule has 3 heterocycles. The summed E-state index contributed by atoms with van der Waals surface area (Å²) < 4.78 is 4.73. The van der Waals surface area contributed by atoms with E-state index >= 15 is 0 Å². The van der Waals surface area contributed by atoms with E-state index in [4.69, 9.17) is 9.97 Å². The number of nitrogens with zero attached hydrogens (tertiary/aromatic N) is 3. The van der Waals surface area contributed by atoms with Gasteiger partial charge in [0.1, 0.15) is 0 Å². The lowest BCUT2D eigenvalue weighted by molar-refractivity contribution is 0.996. The van der Waals surface area contributed by atoms with Gasteiger partial charge in [-0.3, -0.25) is 4.57 Å². The van der Waals surface area contributed by atoms with Crippen LogP contribution in [0.15, 0.2) is 152 Å². The molecule has 0 aliphatic heterocycles. The topological polar surface area (TPSA) is 30.7 Å². The van der Waals surface area contributed by atoms with Gasteiger partial charge in [0, 0.05) is 42.1 Å². The molecule has 0 bridgehead atoms. The second kappa shape index (κ2) is 10.0. The first-order valence-corrected chi connectivity index (χ1v) is 15.6. The average Bonchev–Trinajstić information content (AvgIpc) is 3.65. The summed E-state index contributed by atoms with van der Waals surface area (Å²) in [6.45, 7) is 0. The van der Waals surface area contributed by atoms with Crippen LogP contribution >= 0.6 is 11.3 Å². The van der Waals surface area contributed by atoms with Gasteiger partial charge >= 0.3 is 0 Å². The Morgan fingerprint density at radius 2 is 1.00 bits per heavy atom. The quantitative estimate of drug-likeness (QED) is 0.208. The fourth-order valence-electron chi connectivity index (χ4n) is 6.37. The Morgan fingerprint density at radius 3 is 1.75 bits per heavy atom. The molecule has 9 aromatic rings. The lowest BCUT2D eigenvalue weighted by Gasteiger charge is -2.12. The third kappa shape index (κ3) is 3.96. The van der Waals surface area contributed by atoms with Gasteiger partial charge in [-0.2, -0.15) is 0 Å². The smallest absolute Gasteiger partial charge is 0.235 e. The molecule has 0 aliphatic rings. The van der Waals surface area contributed by atoms with Gasteiger partial charge in [0.25, 0.3) is 0 Å². The maximum atomic E-state index is 5.32. The molecule has 0 amide bonds. The van der Waals surface area contributed by atoms with Gasteiger partial charge in [-0.1, -0.05) is 127 Å². The van der Waals surface area contributed by atoms with E-state index in [0.717, 1.165) is 33.5 Å². The largest absolute Gasteiger partial charge is 0.278 e. The van der Waals surface area contributed by atoms with Crippen LogP contribution in [-0.4, -0.2) is 14.5 Å². The van der Waals surface area contributed by atoms with Crippen molar-refractivity contribution >= 4 is 53.3 Å². The molecule has 0 unspecified atom stereocenters. The Balaban J connectivity index is 1.31. The maximum Gasteiger partial charge on any atom is 0.235 e. The van der Waals surface area contributed by atoms with E-state index in [1.54, 1.807) is 0 Å². The summed E-state index contributed by atoms with van der Waals surface area (Å²) in [6.07, 6.45) is 0. The van der Waals surface area contributed by atoms with Crippen LogP contribution in [0.25, 0.3) is 81.6 Å². The van der Waals surface area contributed by atoms with Gasteiger partial charge in [-0.05, 0) is 35.4 Å². The van der Waals surface area contributed by atoms with Gasteiger partial charge in [0.15, 0.2) is 0 Å². The van der Waals surface area contributed by atoms with Crippen LogP contribution < -0.4 is 0 Å². The zero-order chi connectivity index (χ0) is 29.0. The predicted octanol–water partition coefficient (Wildman–Crippen LogP) is 10.9. The first-order valence-electron chi connectivity index (χ1n) is 14.8. The van der Waals surface area contributed by atoms with Crippen molar-refractivity contribution in [2.75, 3.05) is 0 Å². The minimum absolute atomic E-state index is 0.667. The summed E-state index contributed by atoms with van der Waals surface area (Å²) in [6, 6.07) is 53.6. The van der Waals surface area contributed by atoms with Crippen molar-refractivity contribution in [3.63, 3.8) is 0 Å². The standard InChI is InChI=1S/C40H25N3S/c1-2-11-26(12-3-1)27-21-23-28(24-22-27)34-25-35(33-17-10-16-32-31-15-6-9-20-38(31)44-39(32)33)42-40(41-34)43-36-18-7-4-13-29(36)30-14-5-8-19-37(30)43/h1-25H. The molecule has 6 aromatic carbocycles. The number of hydrogen-bond donors (Lipinski definition) is 0. The minimum atomic E-state index is 0.667. The molecule has 4 heteroatoms. The van der Waals surface area contributed by atoms with Crippen molar-refractivity contribution in [3.05, 3.63) is 152 Å². The molecule has 206 valence electrons. The van der Waals surface area contributed by atoms with Gasteiger partial charge in [0.05, 0.1) is 22.4 Å². The highest BCUT2D eigenvalue weighted by atomic mass is 32.1. The van der Waals surface area contributed by atoms with Crippen molar-refractivity contribution < 1.29 is 0 Å². The summed E-state index contributed by atoms with van der Waals surface area (Å²) in [5, 5.41) is 4.92. The van der Waals surface area contributed by atoms with E-state index in [-0.39, 0.29) is 0 Å². The van der Waals surface area contributed by atoms with Crippen LogP contribution in [0.3, 0.4) is 0 Å². The molecule has 0 saturated carbocycles. The van der Waals surface area contributed by atoms with E-state index in [1.165, 1.54) is 42.1 Å². The molecule has 0 radical (unpaired) electrons. The Labute approximate surface area is 258 Å². The lowest BCUT2D eigenvalue weighted by Crippen LogP contribution is -2.04. The highest BCUT2D eigenvalue weighted by Gasteiger charge is 2.18. The Morgan fingerprint density at radius 1 is 0.432 bits per heavy atom.